The van der Waals surface area contributed by atoms with Crippen LogP contribution in [0.15, 0.2) is 36.5 Å². The molecule has 0 aliphatic carbocycles. The Morgan fingerprint density at radius 2 is 2.10 bits per heavy atom. The third-order valence-electron chi connectivity index (χ3n) is 2.77. The van der Waals surface area contributed by atoms with E-state index in [2.05, 4.69) is 15.7 Å². The number of carbonyl (C=O) groups excluding carboxylic acids is 2. The van der Waals surface area contributed by atoms with Crippen LogP contribution in [0.4, 0.5) is 5.69 Å². The number of benzene rings is 1. The Kier molecular flexibility index (Phi) is 5.05. The van der Waals surface area contributed by atoms with Crippen molar-refractivity contribution in [3.8, 4) is 5.69 Å². The summed E-state index contributed by atoms with van der Waals surface area (Å²) < 4.78 is 6.46. The number of anilines is 1. The highest BCUT2D eigenvalue weighted by Gasteiger charge is 2.09. The number of amides is 2. The van der Waals surface area contributed by atoms with E-state index in [9.17, 15) is 9.59 Å². The second-order valence-electron chi connectivity index (χ2n) is 4.20. The van der Waals surface area contributed by atoms with Crippen LogP contribution in [-0.2, 0) is 9.53 Å². The lowest BCUT2D eigenvalue weighted by Crippen LogP contribution is -2.27. The number of ether oxygens (including phenoxy) is 1. The van der Waals surface area contributed by atoms with Gasteiger partial charge in [0, 0.05) is 25.5 Å². The lowest BCUT2D eigenvalue weighted by molar-refractivity contribution is -0.105. The maximum atomic E-state index is 11.8. The quantitative estimate of drug-likeness (QED) is 0.583. The van der Waals surface area contributed by atoms with Crippen molar-refractivity contribution >= 4 is 18.0 Å². The summed E-state index contributed by atoms with van der Waals surface area (Å²) in [4.78, 5) is 22.1. The van der Waals surface area contributed by atoms with Gasteiger partial charge in [0.2, 0.25) is 6.41 Å². The standard InChI is InChI=1S/C14H16N4O3/c1-21-9-7-15-14(20)13-6-8-18(17-13)12-4-2-11(3-5-12)16-10-19/h2-6,8,10H,7,9H2,1H3,(H,15,20)(H,16,19). The third-order valence-corrected chi connectivity index (χ3v) is 2.77. The monoisotopic (exact) mass is 288 g/mol. The van der Waals surface area contributed by atoms with Gasteiger partial charge in [-0.3, -0.25) is 9.59 Å². The molecule has 0 aliphatic rings. The van der Waals surface area contributed by atoms with Gasteiger partial charge < -0.3 is 15.4 Å². The molecule has 1 aromatic heterocycles. The second-order valence-corrected chi connectivity index (χ2v) is 4.20. The van der Waals surface area contributed by atoms with E-state index in [4.69, 9.17) is 4.74 Å². The SMILES string of the molecule is COCCNC(=O)c1ccn(-c2ccc(NC=O)cc2)n1. The van der Waals surface area contributed by atoms with Crippen molar-refractivity contribution in [3.05, 3.63) is 42.2 Å². The Morgan fingerprint density at radius 1 is 1.33 bits per heavy atom. The van der Waals surface area contributed by atoms with Gasteiger partial charge in [-0.05, 0) is 30.3 Å². The predicted octanol–water partition coefficient (Wildman–Crippen LogP) is 0.817. The molecule has 2 aromatic rings. The molecule has 21 heavy (non-hydrogen) atoms. The molecule has 2 amide bonds. The zero-order chi connectivity index (χ0) is 15.1. The molecule has 0 saturated carbocycles. The Hall–Kier alpha value is -2.67. The van der Waals surface area contributed by atoms with Crippen molar-refractivity contribution in [2.24, 2.45) is 0 Å². The van der Waals surface area contributed by atoms with Crippen LogP contribution in [-0.4, -0.2) is 42.4 Å². The van der Waals surface area contributed by atoms with Crippen LogP contribution in [0.2, 0.25) is 0 Å². The second kappa shape index (κ2) is 7.20. The van der Waals surface area contributed by atoms with Gasteiger partial charge in [-0.25, -0.2) is 4.68 Å². The molecule has 1 aromatic carbocycles. The van der Waals surface area contributed by atoms with Crippen LogP contribution in [0.5, 0.6) is 0 Å². The number of nitrogens with zero attached hydrogens (tertiary/aromatic N) is 2. The molecule has 0 radical (unpaired) electrons. The molecule has 2 N–H and O–H groups in total. The number of nitrogens with one attached hydrogen (secondary N) is 2. The van der Waals surface area contributed by atoms with Gasteiger partial charge in [0.25, 0.3) is 5.91 Å². The highest BCUT2D eigenvalue weighted by atomic mass is 16.5. The molecule has 0 saturated heterocycles. The molecule has 0 aliphatic heterocycles. The van der Waals surface area contributed by atoms with Gasteiger partial charge in [-0.2, -0.15) is 5.10 Å². The molecule has 7 nitrogen and oxygen atoms in total. The first-order chi connectivity index (χ1) is 10.2. The molecule has 7 heteroatoms. The zero-order valence-electron chi connectivity index (χ0n) is 11.6. The fourth-order valence-electron chi connectivity index (χ4n) is 1.72. The van der Waals surface area contributed by atoms with Gasteiger partial charge in [0.1, 0.15) is 0 Å². The molecule has 0 bridgehead atoms. The molecule has 0 fully saturated rings. The van der Waals surface area contributed by atoms with E-state index in [1.165, 1.54) is 0 Å². The van der Waals surface area contributed by atoms with E-state index in [0.29, 0.717) is 30.9 Å². The van der Waals surface area contributed by atoms with Gasteiger partial charge in [0.05, 0.1) is 12.3 Å². The van der Waals surface area contributed by atoms with Crippen LogP contribution in [0.1, 0.15) is 10.5 Å². The summed E-state index contributed by atoms with van der Waals surface area (Å²) in [7, 11) is 1.57. The number of hydrogen-bond acceptors (Lipinski definition) is 4. The maximum absolute atomic E-state index is 11.8. The number of carbonyl (C=O) groups is 2. The van der Waals surface area contributed by atoms with Crippen molar-refractivity contribution in [1.29, 1.82) is 0 Å². The Labute approximate surface area is 121 Å². The minimum atomic E-state index is -0.245. The summed E-state index contributed by atoms with van der Waals surface area (Å²) in [5, 5.41) is 9.46. The number of hydrogen-bond donors (Lipinski definition) is 2. The lowest BCUT2D eigenvalue weighted by Gasteiger charge is -2.04. The molecule has 110 valence electrons. The Morgan fingerprint density at radius 3 is 2.76 bits per heavy atom. The van der Waals surface area contributed by atoms with Crippen LogP contribution in [0, 0.1) is 0 Å². The molecule has 0 atom stereocenters. The average Bonchev–Trinajstić information content (AvgIpc) is 2.98. The summed E-state index contributed by atoms with van der Waals surface area (Å²) in [6.07, 6.45) is 2.32. The summed E-state index contributed by atoms with van der Waals surface area (Å²) in [6, 6.07) is 8.74. The zero-order valence-corrected chi connectivity index (χ0v) is 11.6. The summed E-state index contributed by atoms with van der Waals surface area (Å²) in [6.45, 7) is 0.895. The maximum Gasteiger partial charge on any atom is 0.271 e. The lowest BCUT2D eigenvalue weighted by atomic mass is 10.3. The highest BCUT2D eigenvalue weighted by Crippen LogP contribution is 2.12. The summed E-state index contributed by atoms with van der Waals surface area (Å²) >= 11 is 0. The number of methoxy groups -OCH3 is 1. The fourth-order valence-corrected chi connectivity index (χ4v) is 1.72. The van der Waals surface area contributed by atoms with Gasteiger partial charge in [-0.1, -0.05) is 0 Å². The van der Waals surface area contributed by atoms with E-state index >= 15 is 0 Å². The van der Waals surface area contributed by atoms with Gasteiger partial charge >= 0.3 is 0 Å². The van der Waals surface area contributed by atoms with Crippen molar-refractivity contribution in [1.82, 2.24) is 15.1 Å². The fraction of sp³-hybridized carbons (Fsp3) is 0.214. The van der Waals surface area contributed by atoms with Crippen molar-refractivity contribution in [2.75, 3.05) is 25.6 Å². The molecular formula is C14H16N4O3. The summed E-state index contributed by atoms with van der Waals surface area (Å²) in [5.41, 5.74) is 1.82. The molecule has 0 unspecified atom stereocenters. The van der Waals surface area contributed by atoms with Crippen molar-refractivity contribution in [2.45, 2.75) is 0 Å². The van der Waals surface area contributed by atoms with E-state index in [1.807, 2.05) is 0 Å². The normalized spacial score (nSPS) is 10.1. The molecule has 2 rings (SSSR count). The Balaban J connectivity index is 2.04. The Bertz CT molecular complexity index is 607. The van der Waals surface area contributed by atoms with Crippen LogP contribution >= 0.6 is 0 Å². The van der Waals surface area contributed by atoms with Crippen LogP contribution in [0.3, 0.4) is 0 Å². The van der Waals surface area contributed by atoms with Crippen LogP contribution in [0.25, 0.3) is 5.69 Å². The van der Waals surface area contributed by atoms with Gasteiger partial charge in [0.15, 0.2) is 5.69 Å². The number of rotatable bonds is 7. The van der Waals surface area contributed by atoms with E-state index in [-0.39, 0.29) is 5.91 Å². The number of aromatic nitrogens is 2. The first-order valence-corrected chi connectivity index (χ1v) is 6.38. The van der Waals surface area contributed by atoms with E-state index in [0.717, 1.165) is 5.69 Å². The third kappa shape index (κ3) is 3.90. The summed E-state index contributed by atoms with van der Waals surface area (Å²) in [5.74, 6) is -0.245. The molecule has 0 spiro atoms. The predicted molar refractivity (Wildman–Crippen MR) is 77.5 cm³/mol. The minimum absolute atomic E-state index is 0.245. The molecular weight excluding hydrogens is 272 g/mol. The van der Waals surface area contributed by atoms with E-state index < -0.39 is 0 Å². The smallest absolute Gasteiger partial charge is 0.271 e. The van der Waals surface area contributed by atoms with Crippen LogP contribution < -0.4 is 10.6 Å². The van der Waals surface area contributed by atoms with Gasteiger partial charge in [-0.15, -0.1) is 0 Å². The first kappa shape index (κ1) is 14.7. The van der Waals surface area contributed by atoms with Crippen molar-refractivity contribution in [3.63, 3.8) is 0 Å². The van der Waals surface area contributed by atoms with Crippen molar-refractivity contribution < 1.29 is 14.3 Å². The highest BCUT2D eigenvalue weighted by molar-refractivity contribution is 5.92. The minimum Gasteiger partial charge on any atom is -0.383 e. The molecule has 1 heterocycles. The average molecular weight is 288 g/mol. The first-order valence-electron chi connectivity index (χ1n) is 6.38. The largest absolute Gasteiger partial charge is 0.383 e. The van der Waals surface area contributed by atoms with E-state index in [1.54, 1.807) is 48.3 Å². The topological polar surface area (TPSA) is 85.2 Å².